The van der Waals surface area contributed by atoms with E-state index < -0.39 is 11.3 Å². The van der Waals surface area contributed by atoms with Gasteiger partial charge in [0, 0.05) is 25.7 Å². The summed E-state index contributed by atoms with van der Waals surface area (Å²) in [6, 6.07) is 3.11. The van der Waals surface area contributed by atoms with Crippen LogP contribution in [0.15, 0.2) is 18.3 Å². The second-order valence-electron chi connectivity index (χ2n) is 5.81. The number of pyridine rings is 1. The van der Waals surface area contributed by atoms with Gasteiger partial charge in [-0.1, -0.05) is 6.07 Å². The highest BCUT2D eigenvalue weighted by Crippen LogP contribution is 2.35. The number of hydrogen-bond donors (Lipinski definition) is 1. The van der Waals surface area contributed by atoms with Crippen molar-refractivity contribution in [2.75, 3.05) is 20.2 Å². The zero-order valence-corrected chi connectivity index (χ0v) is 13.4. The number of ether oxygens (including phenoxy) is 1. The summed E-state index contributed by atoms with van der Waals surface area (Å²) in [4.78, 5) is 41.0. The third-order valence-electron chi connectivity index (χ3n) is 4.20. The quantitative estimate of drug-likeness (QED) is 0.611. The van der Waals surface area contributed by atoms with Crippen LogP contribution in [-0.4, -0.2) is 47.9 Å². The Kier molecular flexibility index (Phi) is 5.19. The first-order valence-electron chi connectivity index (χ1n) is 7.46. The van der Waals surface area contributed by atoms with E-state index in [-0.39, 0.29) is 37.0 Å². The fraction of sp³-hybridized carbons (Fsp3) is 0.412. The van der Waals surface area contributed by atoms with Crippen molar-refractivity contribution < 1.29 is 19.1 Å². The minimum Gasteiger partial charge on any atom is -0.469 e. The maximum atomic E-state index is 12.4. The van der Waals surface area contributed by atoms with Crippen LogP contribution >= 0.6 is 0 Å². The lowest BCUT2D eigenvalue weighted by Gasteiger charge is -2.24. The van der Waals surface area contributed by atoms with Crippen LogP contribution in [0.25, 0.3) is 0 Å². The average molecular weight is 329 g/mol. The third-order valence-corrected chi connectivity index (χ3v) is 4.20. The Hall–Kier alpha value is -2.88. The van der Waals surface area contributed by atoms with Crippen molar-refractivity contribution in [2.45, 2.75) is 19.3 Å². The molecule has 2 N–H and O–H groups in total. The van der Waals surface area contributed by atoms with Crippen molar-refractivity contribution >= 4 is 17.8 Å². The normalized spacial score (nSPS) is 19.6. The number of nitrogens with zero attached hydrogens (tertiary/aromatic N) is 2. The highest BCUT2D eigenvalue weighted by molar-refractivity contribution is 5.90. The predicted molar refractivity (Wildman–Crippen MR) is 85.6 cm³/mol. The second kappa shape index (κ2) is 7.13. The standard InChI is InChI=1S/C17H19N3O4/c1-3-6-17(16(23)24-2)7-8-20(11-17)14(21)9-12-4-5-13(15(18)22)19-10-12/h1,4-5,10H,6-9,11H2,2H3,(H2,18,22). The summed E-state index contributed by atoms with van der Waals surface area (Å²) >= 11 is 0. The van der Waals surface area contributed by atoms with E-state index in [9.17, 15) is 14.4 Å². The van der Waals surface area contributed by atoms with Gasteiger partial charge >= 0.3 is 5.97 Å². The van der Waals surface area contributed by atoms with Gasteiger partial charge in [-0.05, 0) is 18.1 Å². The van der Waals surface area contributed by atoms with Crippen LogP contribution < -0.4 is 5.73 Å². The number of hydrogen-bond acceptors (Lipinski definition) is 5. The summed E-state index contributed by atoms with van der Waals surface area (Å²) in [7, 11) is 1.32. The second-order valence-corrected chi connectivity index (χ2v) is 5.81. The van der Waals surface area contributed by atoms with Crippen molar-refractivity contribution in [3.8, 4) is 12.3 Å². The molecule has 0 radical (unpaired) electrons. The average Bonchev–Trinajstić information content (AvgIpc) is 3.00. The van der Waals surface area contributed by atoms with Crippen LogP contribution in [-0.2, 0) is 20.7 Å². The van der Waals surface area contributed by atoms with Gasteiger partial charge in [0.1, 0.15) is 5.69 Å². The number of esters is 1. The summed E-state index contributed by atoms with van der Waals surface area (Å²) in [6.07, 6.45) is 7.65. The van der Waals surface area contributed by atoms with E-state index in [0.717, 1.165) is 0 Å². The lowest BCUT2D eigenvalue weighted by molar-refractivity contribution is -0.152. The van der Waals surface area contributed by atoms with Gasteiger partial charge in [0.25, 0.3) is 5.91 Å². The number of carbonyl (C=O) groups is 3. The third kappa shape index (κ3) is 3.54. The topological polar surface area (TPSA) is 103 Å². The Balaban J connectivity index is 2.04. The summed E-state index contributed by atoms with van der Waals surface area (Å²) < 4.78 is 4.85. The van der Waals surface area contributed by atoms with Gasteiger partial charge in [0.05, 0.1) is 18.9 Å². The number of terminal acetylenes is 1. The Morgan fingerprint density at radius 2 is 2.21 bits per heavy atom. The van der Waals surface area contributed by atoms with Gasteiger partial charge < -0.3 is 15.4 Å². The molecular weight excluding hydrogens is 310 g/mol. The fourth-order valence-corrected chi connectivity index (χ4v) is 2.84. The number of likely N-dealkylation sites (tertiary alicyclic amines) is 1. The van der Waals surface area contributed by atoms with E-state index in [1.807, 2.05) is 0 Å². The molecule has 0 bridgehead atoms. The zero-order chi connectivity index (χ0) is 17.7. The lowest BCUT2D eigenvalue weighted by Crippen LogP contribution is -2.38. The molecule has 1 aliphatic heterocycles. The van der Waals surface area contributed by atoms with Gasteiger partial charge in [-0.2, -0.15) is 0 Å². The van der Waals surface area contributed by atoms with E-state index in [4.69, 9.17) is 16.9 Å². The molecule has 2 rings (SSSR count). The first-order chi connectivity index (χ1) is 11.4. The smallest absolute Gasteiger partial charge is 0.314 e. The number of carbonyl (C=O) groups excluding carboxylic acids is 3. The van der Waals surface area contributed by atoms with Crippen LogP contribution in [0.1, 0.15) is 28.9 Å². The van der Waals surface area contributed by atoms with Crippen LogP contribution in [0.4, 0.5) is 0 Å². The van der Waals surface area contributed by atoms with Crippen molar-refractivity contribution in [1.82, 2.24) is 9.88 Å². The predicted octanol–water partition coefficient (Wildman–Crippen LogP) is 0.138. The molecule has 126 valence electrons. The molecule has 0 spiro atoms. The zero-order valence-electron chi connectivity index (χ0n) is 13.4. The van der Waals surface area contributed by atoms with Crippen molar-refractivity contribution in [3.05, 3.63) is 29.6 Å². The largest absolute Gasteiger partial charge is 0.469 e. The highest BCUT2D eigenvalue weighted by atomic mass is 16.5. The van der Waals surface area contributed by atoms with E-state index in [1.54, 1.807) is 11.0 Å². The highest BCUT2D eigenvalue weighted by Gasteiger charge is 2.46. The first kappa shape index (κ1) is 17.5. The minimum atomic E-state index is -0.826. The molecular formula is C17H19N3O4. The molecule has 0 aliphatic carbocycles. The number of amides is 2. The number of nitrogens with two attached hydrogens (primary N) is 1. The van der Waals surface area contributed by atoms with Crippen LogP contribution in [0.5, 0.6) is 0 Å². The molecule has 24 heavy (non-hydrogen) atoms. The van der Waals surface area contributed by atoms with Crippen molar-refractivity contribution in [1.29, 1.82) is 0 Å². The van der Waals surface area contributed by atoms with Crippen LogP contribution in [0, 0.1) is 17.8 Å². The fourth-order valence-electron chi connectivity index (χ4n) is 2.84. The van der Waals surface area contributed by atoms with E-state index in [2.05, 4.69) is 10.9 Å². The summed E-state index contributed by atoms with van der Waals surface area (Å²) in [5, 5.41) is 0. The van der Waals surface area contributed by atoms with Crippen molar-refractivity contribution in [3.63, 3.8) is 0 Å². The van der Waals surface area contributed by atoms with Gasteiger partial charge in [-0.15, -0.1) is 12.3 Å². The number of primary amides is 1. The maximum Gasteiger partial charge on any atom is 0.314 e. The molecule has 2 heterocycles. The molecule has 1 aromatic rings. The number of aromatic nitrogens is 1. The van der Waals surface area contributed by atoms with Gasteiger partial charge in [0.15, 0.2) is 0 Å². The molecule has 1 unspecified atom stereocenters. The molecule has 1 fully saturated rings. The van der Waals surface area contributed by atoms with Gasteiger partial charge in [0.2, 0.25) is 5.91 Å². The maximum absolute atomic E-state index is 12.4. The first-order valence-corrected chi connectivity index (χ1v) is 7.46. The van der Waals surface area contributed by atoms with E-state index in [0.29, 0.717) is 18.5 Å². The Labute approximate surface area is 140 Å². The molecule has 1 atom stereocenters. The van der Waals surface area contributed by atoms with Gasteiger partial charge in [-0.25, -0.2) is 0 Å². The molecule has 7 heteroatoms. The minimum absolute atomic E-state index is 0.124. The number of rotatable bonds is 5. The Morgan fingerprint density at radius 1 is 1.46 bits per heavy atom. The molecule has 0 saturated carbocycles. The van der Waals surface area contributed by atoms with Crippen LogP contribution in [0.2, 0.25) is 0 Å². The summed E-state index contributed by atoms with van der Waals surface area (Å²) in [5.41, 5.74) is 5.11. The molecule has 1 saturated heterocycles. The monoisotopic (exact) mass is 329 g/mol. The lowest BCUT2D eigenvalue weighted by atomic mass is 9.84. The molecule has 2 amide bonds. The van der Waals surface area contributed by atoms with Crippen molar-refractivity contribution in [2.24, 2.45) is 11.1 Å². The van der Waals surface area contributed by atoms with Crippen LogP contribution in [0.3, 0.4) is 0 Å². The van der Waals surface area contributed by atoms with Gasteiger partial charge in [-0.3, -0.25) is 19.4 Å². The Morgan fingerprint density at radius 3 is 2.75 bits per heavy atom. The molecule has 1 aliphatic rings. The van der Waals surface area contributed by atoms with E-state index in [1.165, 1.54) is 19.4 Å². The molecule has 7 nitrogen and oxygen atoms in total. The molecule has 1 aromatic heterocycles. The summed E-state index contributed by atoms with van der Waals surface area (Å²) in [5.74, 6) is 1.36. The molecule has 0 aromatic carbocycles. The SMILES string of the molecule is C#CCC1(C(=O)OC)CCN(C(=O)Cc2ccc(C(N)=O)nc2)C1. The number of methoxy groups -OCH3 is 1. The van der Waals surface area contributed by atoms with E-state index >= 15 is 0 Å². The summed E-state index contributed by atoms with van der Waals surface area (Å²) in [6.45, 7) is 0.692. The Bertz CT molecular complexity index is 693.